The molecule has 3 heterocycles. The molecule has 0 aliphatic carbocycles. The molecule has 1 fully saturated rings. The number of rotatable bonds is 5. The molecule has 158 valence electrons. The van der Waals surface area contributed by atoms with E-state index in [1.165, 1.54) is 11.3 Å². The zero-order chi connectivity index (χ0) is 22.0. The molecule has 1 atom stereocenters. The number of aliphatic hydroxyl groups is 1. The largest absolute Gasteiger partial charge is 0.369 e. The maximum Gasteiger partial charge on any atom is 0.268 e. The lowest BCUT2D eigenvalue weighted by atomic mass is 10.0. The van der Waals surface area contributed by atoms with Gasteiger partial charge in [-0.1, -0.05) is 24.0 Å². The number of likely N-dealkylation sites (N-methyl/N-ethyl adjacent to an activating group) is 1. The number of nitrogens with two attached hydrogens (primary N) is 1. The fourth-order valence-corrected chi connectivity index (χ4v) is 4.46. The van der Waals surface area contributed by atoms with Gasteiger partial charge in [-0.3, -0.25) is 14.3 Å². The van der Waals surface area contributed by atoms with Crippen molar-refractivity contribution in [3.8, 4) is 22.4 Å². The van der Waals surface area contributed by atoms with E-state index in [2.05, 4.69) is 21.9 Å². The standard InChI is InChI=1S/C22H21N5O3S/c1-2-26-12-9-22(30,21(26)29)8-7-15-5-3-6-16(13-15)20-25-18(19(23)28)17(31-20)14-27-11-4-10-24-27/h3-6,10-11,13,30H,2,9,12,14H2,1H3,(H2,23,28)/t22-/m0/s1. The first-order chi connectivity index (χ1) is 14.9. The Morgan fingerprint density at radius 2 is 2.23 bits per heavy atom. The van der Waals surface area contributed by atoms with Crippen molar-refractivity contribution >= 4 is 23.2 Å². The number of likely N-dealkylation sites (tertiary alicyclic amines) is 1. The van der Waals surface area contributed by atoms with E-state index in [1.807, 2.05) is 25.1 Å². The Balaban J connectivity index is 1.62. The van der Waals surface area contributed by atoms with Crippen molar-refractivity contribution in [3.05, 3.63) is 58.9 Å². The van der Waals surface area contributed by atoms with Crippen molar-refractivity contribution in [2.24, 2.45) is 5.73 Å². The van der Waals surface area contributed by atoms with Crippen LogP contribution in [-0.4, -0.2) is 55.3 Å². The second-order valence-corrected chi connectivity index (χ2v) is 8.27. The molecule has 0 spiro atoms. The molecule has 3 aromatic rings. The summed E-state index contributed by atoms with van der Waals surface area (Å²) < 4.78 is 1.70. The summed E-state index contributed by atoms with van der Waals surface area (Å²) in [6.07, 6.45) is 3.75. The Bertz CT molecular complexity index is 1190. The number of hydrogen-bond acceptors (Lipinski definition) is 6. The van der Waals surface area contributed by atoms with Gasteiger partial charge in [0.2, 0.25) is 5.60 Å². The van der Waals surface area contributed by atoms with Crippen LogP contribution in [0.15, 0.2) is 42.7 Å². The van der Waals surface area contributed by atoms with Gasteiger partial charge in [-0.15, -0.1) is 11.3 Å². The van der Waals surface area contributed by atoms with Gasteiger partial charge in [-0.2, -0.15) is 5.10 Å². The van der Waals surface area contributed by atoms with Crippen LogP contribution in [0.2, 0.25) is 0 Å². The minimum atomic E-state index is -1.65. The highest BCUT2D eigenvalue weighted by Gasteiger charge is 2.43. The van der Waals surface area contributed by atoms with E-state index < -0.39 is 11.5 Å². The fourth-order valence-electron chi connectivity index (χ4n) is 3.41. The summed E-state index contributed by atoms with van der Waals surface area (Å²) in [6.45, 7) is 3.31. The molecule has 4 rings (SSSR count). The molecule has 1 saturated heterocycles. The minimum absolute atomic E-state index is 0.220. The molecule has 8 nitrogen and oxygen atoms in total. The molecular formula is C22H21N5O3S. The molecule has 0 bridgehead atoms. The van der Waals surface area contributed by atoms with Crippen molar-refractivity contribution in [1.29, 1.82) is 0 Å². The zero-order valence-electron chi connectivity index (χ0n) is 16.9. The van der Waals surface area contributed by atoms with E-state index in [1.54, 1.807) is 34.1 Å². The smallest absolute Gasteiger partial charge is 0.268 e. The molecule has 3 N–H and O–H groups in total. The van der Waals surface area contributed by atoms with Crippen LogP contribution in [0.3, 0.4) is 0 Å². The van der Waals surface area contributed by atoms with Gasteiger partial charge >= 0.3 is 0 Å². The lowest BCUT2D eigenvalue weighted by molar-refractivity contribution is -0.138. The normalized spacial score (nSPS) is 18.1. The molecule has 2 aromatic heterocycles. The minimum Gasteiger partial charge on any atom is -0.369 e. The molecule has 31 heavy (non-hydrogen) atoms. The van der Waals surface area contributed by atoms with E-state index in [-0.39, 0.29) is 18.0 Å². The number of carbonyl (C=O) groups is 2. The summed E-state index contributed by atoms with van der Waals surface area (Å²) in [5.74, 6) is 4.71. The number of benzene rings is 1. The summed E-state index contributed by atoms with van der Waals surface area (Å²) in [4.78, 5) is 30.9. The first kappa shape index (κ1) is 20.8. The Labute approximate surface area is 183 Å². The number of primary amides is 1. The third-order valence-electron chi connectivity index (χ3n) is 5.08. The average Bonchev–Trinajstić information content (AvgIpc) is 3.48. The predicted molar refractivity (Wildman–Crippen MR) is 116 cm³/mol. The second kappa shape index (κ2) is 8.34. The molecule has 2 amide bonds. The Morgan fingerprint density at radius 3 is 2.90 bits per heavy atom. The highest BCUT2D eigenvalue weighted by Crippen LogP contribution is 2.29. The van der Waals surface area contributed by atoms with E-state index in [0.29, 0.717) is 35.1 Å². The highest BCUT2D eigenvalue weighted by atomic mass is 32.1. The maximum atomic E-state index is 12.3. The van der Waals surface area contributed by atoms with Crippen LogP contribution in [0.5, 0.6) is 0 Å². The van der Waals surface area contributed by atoms with E-state index >= 15 is 0 Å². The molecule has 0 saturated carbocycles. The first-order valence-electron chi connectivity index (χ1n) is 9.82. The maximum absolute atomic E-state index is 12.3. The van der Waals surface area contributed by atoms with Crippen LogP contribution < -0.4 is 5.73 Å². The van der Waals surface area contributed by atoms with Crippen LogP contribution >= 0.6 is 11.3 Å². The summed E-state index contributed by atoms with van der Waals surface area (Å²) >= 11 is 1.36. The van der Waals surface area contributed by atoms with Crippen molar-refractivity contribution in [2.75, 3.05) is 13.1 Å². The SMILES string of the molecule is CCN1CC[C@@](O)(C#Cc2cccc(-c3nc(C(N)=O)c(Cn4cccn4)s3)c2)C1=O. The van der Waals surface area contributed by atoms with Gasteiger partial charge < -0.3 is 15.7 Å². The number of hydrogen-bond donors (Lipinski definition) is 2. The molecule has 0 radical (unpaired) electrons. The van der Waals surface area contributed by atoms with Gasteiger partial charge in [0.25, 0.3) is 11.8 Å². The van der Waals surface area contributed by atoms with Crippen molar-refractivity contribution in [3.63, 3.8) is 0 Å². The van der Waals surface area contributed by atoms with Gasteiger partial charge in [0.1, 0.15) is 10.7 Å². The van der Waals surface area contributed by atoms with Gasteiger partial charge in [0, 0.05) is 43.0 Å². The van der Waals surface area contributed by atoms with Gasteiger partial charge in [0.05, 0.1) is 11.4 Å². The molecule has 1 aliphatic heterocycles. The summed E-state index contributed by atoms with van der Waals surface area (Å²) in [5.41, 5.74) is 5.50. The lowest BCUT2D eigenvalue weighted by Gasteiger charge is -2.15. The first-order valence-corrected chi connectivity index (χ1v) is 10.6. The number of aromatic nitrogens is 3. The number of thiazole rings is 1. The number of carbonyl (C=O) groups excluding carboxylic acids is 2. The van der Waals surface area contributed by atoms with Gasteiger partial charge in [0.15, 0.2) is 0 Å². The fraction of sp³-hybridized carbons (Fsp3) is 0.273. The lowest BCUT2D eigenvalue weighted by Crippen LogP contribution is -2.38. The predicted octanol–water partition coefficient (Wildman–Crippen LogP) is 1.49. The third-order valence-corrected chi connectivity index (χ3v) is 6.17. The van der Waals surface area contributed by atoms with E-state index in [0.717, 1.165) is 5.56 Å². The summed E-state index contributed by atoms with van der Waals surface area (Å²) in [6, 6.07) is 9.09. The summed E-state index contributed by atoms with van der Waals surface area (Å²) in [7, 11) is 0. The monoisotopic (exact) mass is 435 g/mol. The topological polar surface area (TPSA) is 114 Å². The van der Waals surface area contributed by atoms with Crippen LogP contribution in [0.25, 0.3) is 10.6 Å². The quantitative estimate of drug-likeness (QED) is 0.590. The average molecular weight is 436 g/mol. The van der Waals surface area contributed by atoms with Crippen molar-refractivity contribution in [2.45, 2.75) is 25.5 Å². The Hall–Kier alpha value is -3.48. The van der Waals surface area contributed by atoms with E-state index in [4.69, 9.17) is 5.73 Å². The zero-order valence-corrected chi connectivity index (χ0v) is 17.7. The van der Waals surface area contributed by atoms with Gasteiger partial charge in [-0.05, 0) is 25.1 Å². The van der Waals surface area contributed by atoms with E-state index in [9.17, 15) is 14.7 Å². The van der Waals surface area contributed by atoms with Crippen molar-refractivity contribution < 1.29 is 14.7 Å². The molecule has 1 aromatic carbocycles. The van der Waals surface area contributed by atoms with Crippen LogP contribution in [0.4, 0.5) is 0 Å². The van der Waals surface area contributed by atoms with Crippen LogP contribution in [0, 0.1) is 11.8 Å². The number of nitrogens with zero attached hydrogens (tertiary/aromatic N) is 4. The molecule has 1 aliphatic rings. The van der Waals surface area contributed by atoms with Crippen molar-refractivity contribution in [1.82, 2.24) is 19.7 Å². The summed E-state index contributed by atoms with van der Waals surface area (Å²) in [5, 5.41) is 15.4. The molecular weight excluding hydrogens is 414 g/mol. The Kier molecular flexibility index (Phi) is 5.59. The molecule has 0 unspecified atom stereocenters. The highest BCUT2D eigenvalue weighted by molar-refractivity contribution is 7.15. The van der Waals surface area contributed by atoms with Crippen LogP contribution in [-0.2, 0) is 11.3 Å². The second-order valence-electron chi connectivity index (χ2n) is 7.18. The number of amides is 2. The Morgan fingerprint density at radius 1 is 1.39 bits per heavy atom. The van der Waals surface area contributed by atoms with Gasteiger partial charge in [-0.25, -0.2) is 4.98 Å². The third kappa shape index (κ3) is 4.21. The van der Waals surface area contributed by atoms with Crippen LogP contribution in [0.1, 0.15) is 34.3 Å². The molecule has 9 heteroatoms.